The first-order valence-corrected chi connectivity index (χ1v) is 10.2. The van der Waals surface area contributed by atoms with Crippen LogP contribution in [0.2, 0.25) is 5.02 Å². The number of aryl methyl sites for hydroxylation is 2. The molecule has 0 saturated carbocycles. The zero-order valence-electron chi connectivity index (χ0n) is 15.2. The van der Waals surface area contributed by atoms with E-state index in [2.05, 4.69) is 33.5 Å². The van der Waals surface area contributed by atoms with Gasteiger partial charge in [0.2, 0.25) is 6.79 Å². The Morgan fingerprint density at radius 3 is 2.81 bits per heavy atom. The van der Waals surface area contributed by atoms with Crippen molar-refractivity contribution in [2.75, 3.05) is 13.3 Å². The normalized spacial score (nSPS) is 12.9. The van der Waals surface area contributed by atoms with Gasteiger partial charge in [0, 0.05) is 59.4 Å². The monoisotopic (exact) mass is 403 g/mol. The summed E-state index contributed by atoms with van der Waals surface area (Å²) in [5.74, 6) is 1.50. The summed E-state index contributed by atoms with van der Waals surface area (Å²) in [7, 11) is 0. The molecule has 2 aromatic heterocycles. The van der Waals surface area contributed by atoms with E-state index in [4.69, 9.17) is 21.1 Å². The van der Waals surface area contributed by atoms with E-state index in [0.717, 1.165) is 54.7 Å². The van der Waals surface area contributed by atoms with Gasteiger partial charge in [-0.3, -0.25) is 4.90 Å². The lowest BCUT2D eigenvalue weighted by molar-refractivity contribution is 0.174. The van der Waals surface area contributed by atoms with Crippen LogP contribution in [0, 0.1) is 6.92 Å². The number of imidazole rings is 1. The average Bonchev–Trinajstić information content (AvgIpc) is 3.38. The van der Waals surface area contributed by atoms with Crippen molar-refractivity contribution >= 4 is 22.9 Å². The maximum Gasteiger partial charge on any atom is 0.231 e. The molecule has 27 heavy (non-hydrogen) atoms. The summed E-state index contributed by atoms with van der Waals surface area (Å²) in [6, 6.07) is 8.26. The molecule has 1 aliphatic heterocycles. The van der Waals surface area contributed by atoms with Crippen molar-refractivity contribution in [1.29, 1.82) is 0 Å². The number of hydrogen-bond acceptors (Lipinski definition) is 5. The van der Waals surface area contributed by atoms with Gasteiger partial charge in [0.15, 0.2) is 11.5 Å². The molecular formula is C20H22ClN3O2S. The minimum Gasteiger partial charge on any atom is -0.454 e. The fourth-order valence-electron chi connectivity index (χ4n) is 3.22. The summed E-state index contributed by atoms with van der Waals surface area (Å²) >= 11 is 8.35. The predicted molar refractivity (Wildman–Crippen MR) is 108 cm³/mol. The largest absolute Gasteiger partial charge is 0.454 e. The lowest BCUT2D eigenvalue weighted by atomic mass is 10.1. The van der Waals surface area contributed by atoms with Crippen LogP contribution in [0.5, 0.6) is 11.5 Å². The molecule has 5 nitrogen and oxygen atoms in total. The first kappa shape index (κ1) is 18.3. The third kappa shape index (κ3) is 4.64. The molecule has 0 N–H and O–H groups in total. The molecule has 0 bridgehead atoms. The van der Waals surface area contributed by atoms with Crippen molar-refractivity contribution in [1.82, 2.24) is 14.5 Å². The van der Waals surface area contributed by atoms with Gasteiger partial charge in [-0.1, -0.05) is 11.6 Å². The smallest absolute Gasteiger partial charge is 0.231 e. The lowest BCUT2D eigenvalue weighted by Crippen LogP contribution is -2.24. The van der Waals surface area contributed by atoms with E-state index in [1.54, 1.807) is 0 Å². The fourth-order valence-corrected chi connectivity index (χ4v) is 4.37. The molecule has 0 atom stereocenters. The van der Waals surface area contributed by atoms with Crippen LogP contribution in [0.25, 0.3) is 0 Å². The van der Waals surface area contributed by atoms with Gasteiger partial charge in [-0.15, -0.1) is 11.3 Å². The summed E-state index contributed by atoms with van der Waals surface area (Å²) in [6.07, 6.45) is 6.73. The number of ether oxygens (including phenoxy) is 2. The van der Waals surface area contributed by atoms with E-state index in [-0.39, 0.29) is 6.79 Å². The number of halogens is 1. The number of thiophene rings is 1. The second-order valence-electron chi connectivity index (χ2n) is 6.67. The Bertz CT molecular complexity index is 895. The lowest BCUT2D eigenvalue weighted by Gasteiger charge is -2.22. The van der Waals surface area contributed by atoms with Crippen molar-refractivity contribution in [3.05, 3.63) is 63.3 Å². The Morgan fingerprint density at radius 2 is 2.07 bits per heavy atom. The molecule has 3 heterocycles. The number of aromatic nitrogens is 2. The van der Waals surface area contributed by atoms with E-state index in [1.807, 2.05) is 42.2 Å². The highest BCUT2D eigenvalue weighted by Gasteiger charge is 2.18. The second kappa shape index (κ2) is 8.33. The van der Waals surface area contributed by atoms with Crippen LogP contribution >= 0.6 is 22.9 Å². The highest BCUT2D eigenvalue weighted by atomic mass is 35.5. The predicted octanol–water partition coefficient (Wildman–Crippen LogP) is 4.73. The second-order valence-corrected chi connectivity index (χ2v) is 8.45. The zero-order valence-corrected chi connectivity index (χ0v) is 16.8. The van der Waals surface area contributed by atoms with Gasteiger partial charge in [0.1, 0.15) is 0 Å². The molecule has 0 radical (unpaired) electrons. The summed E-state index contributed by atoms with van der Waals surface area (Å²) in [5, 5.41) is 0.723. The van der Waals surface area contributed by atoms with Crippen molar-refractivity contribution in [3.8, 4) is 11.5 Å². The Labute approximate surface area is 168 Å². The topological polar surface area (TPSA) is 39.5 Å². The zero-order chi connectivity index (χ0) is 18.6. The van der Waals surface area contributed by atoms with Crippen LogP contribution in [0.3, 0.4) is 0 Å². The molecule has 3 aromatic rings. The van der Waals surface area contributed by atoms with Crippen molar-refractivity contribution in [3.63, 3.8) is 0 Å². The molecular weight excluding hydrogens is 382 g/mol. The quantitative estimate of drug-likeness (QED) is 0.545. The first-order valence-electron chi connectivity index (χ1n) is 8.99. The van der Waals surface area contributed by atoms with Gasteiger partial charge in [-0.2, -0.15) is 0 Å². The molecule has 1 aromatic carbocycles. The van der Waals surface area contributed by atoms with Gasteiger partial charge in [-0.25, -0.2) is 4.98 Å². The summed E-state index contributed by atoms with van der Waals surface area (Å²) in [5.41, 5.74) is 1.07. The van der Waals surface area contributed by atoms with E-state index < -0.39 is 0 Å². The Kier molecular flexibility index (Phi) is 5.66. The summed E-state index contributed by atoms with van der Waals surface area (Å²) in [4.78, 5) is 9.25. The number of hydrogen-bond donors (Lipinski definition) is 0. The minimum atomic E-state index is 0.262. The fraction of sp³-hybridized carbons (Fsp3) is 0.350. The van der Waals surface area contributed by atoms with Crippen LogP contribution < -0.4 is 9.47 Å². The van der Waals surface area contributed by atoms with Gasteiger partial charge < -0.3 is 14.0 Å². The molecule has 0 aliphatic carbocycles. The SMILES string of the molecule is Cc1ccc(CN(CCCn2ccnc2)Cc2cc3c(cc2Cl)OCO3)s1. The van der Waals surface area contributed by atoms with Crippen molar-refractivity contribution in [2.24, 2.45) is 0 Å². The number of nitrogens with zero attached hydrogens (tertiary/aromatic N) is 3. The Hall–Kier alpha value is -2.02. The summed E-state index contributed by atoms with van der Waals surface area (Å²) in [6.45, 7) is 6.02. The standard InChI is InChI=1S/C20H22ClN3O2S/c1-15-3-4-17(27-15)12-24(7-2-6-23-8-5-22-13-23)11-16-9-19-20(10-18(16)21)26-14-25-19/h3-5,8-10,13H,2,6-7,11-12,14H2,1H3. The maximum atomic E-state index is 6.50. The minimum absolute atomic E-state index is 0.262. The van der Waals surface area contributed by atoms with Crippen LogP contribution in [-0.2, 0) is 19.6 Å². The first-order chi connectivity index (χ1) is 13.2. The third-order valence-electron chi connectivity index (χ3n) is 4.56. The molecule has 7 heteroatoms. The summed E-state index contributed by atoms with van der Waals surface area (Å²) < 4.78 is 13.0. The molecule has 0 fully saturated rings. The molecule has 1 aliphatic rings. The molecule has 0 spiro atoms. The molecule has 0 saturated heterocycles. The van der Waals surface area contributed by atoms with Crippen LogP contribution in [0.15, 0.2) is 43.0 Å². The molecule has 0 unspecified atom stereocenters. The maximum absolute atomic E-state index is 6.50. The highest BCUT2D eigenvalue weighted by molar-refractivity contribution is 7.11. The van der Waals surface area contributed by atoms with E-state index in [1.165, 1.54) is 9.75 Å². The molecule has 142 valence electrons. The van der Waals surface area contributed by atoms with E-state index in [9.17, 15) is 0 Å². The van der Waals surface area contributed by atoms with Gasteiger partial charge in [0.25, 0.3) is 0 Å². The van der Waals surface area contributed by atoms with Gasteiger partial charge >= 0.3 is 0 Å². The van der Waals surface area contributed by atoms with E-state index in [0.29, 0.717) is 0 Å². The average molecular weight is 404 g/mol. The van der Waals surface area contributed by atoms with E-state index >= 15 is 0 Å². The number of rotatable bonds is 8. The van der Waals surface area contributed by atoms with Gasteiger partial charge in [0.05, 0.1) is 6.33 Å². The van der Waals surface area contributed by atoms with Crippen molar-refractivity contribution in [2.45, 2.75) is 33.0 Å². The van der Waals surface area contributed by atoms with Crippen LogP contribution in [-0.4, -0.2) is 27.8 Å². The third-order valence-corrected chi connectivity index (χ3v) is 5.90. The number of benzene rings is 1. The Balaban J connectivity index is 1.46. The molecule has 0 amide bonds. The Morgan fingerprint density at radius 1 is 1.22 bits per heavy atom. The van der Waals surface area contributed by atoms with Crippen LogP contribution in [0.1, 0.15) is 21.7 Å². The van der Waals surface area contributed by atoms with Crippen LogP contribution in [0.4, 0.5) is 0 Å². The van der Waals surface area contributed by atoms with Crippen molar-refractivity contribution < 1.29 is 9.47 Å². The highest BCUT2D eigenvalue weighted by Crippen LogP contribution is 2.37. The molecule has 4 rings (SSSR count). The number of fused-ring (bicyclic) bond motifs is 1. The van der Waals surface area contributed by atoms with Gasteiger partial charge in [-0.05, 0) is 37.1 Å².